The van der Waals surface area contributed by atoms with Gasteiger partial charge in [-0.2, -0.15) is 0 Å². The Morgan fingerprint density at radius 2 is 2.05 bits per heavy atom. The zero-order valence-corrected chi connectivity index (χ0v) is 12.7. The standard InChI is InChI=1S/C13H12N4O2S2/c1-8-12(20-13(14)16-8)21(18,19)17-11-6-2-5-10-9(11)4-3-7-15-10/h2-7,17H,1H3,(H2,14,16). The van der Waals surface area contributed by atoms with Crippen molar-refractivity contribution in [3.63, 3.8) is 0 Å². The highest BCUT2D eigenvalue weighted by atomic mass is 32.2. The van der Waals surface area contributed by atoms with Crippen molar-refractivity contribution in [2.75, 3.05) is 10.5 Å². The van der Waals surface area contributed by atoms with Crippen LogP contribution in [0.15, 0.2) is 40.7 Å². The molecule has 0 bridgehead atoms. The minimum atomic E-state index is -3.72. The van der Waals surface area contributed by atoms with E-state index >= 15 is 0 Å². The molecular weight excluding hydrogens is 308 g/mol. The summed E-state index contributed by atoms with van der Waals surface area (Å²) in [6.07, 6.45) is 1.66. The smallest absolute Gasteiger partial charge is 0.273 e. The molecule has 2 aromatic heterocycles. The maximum absolute atomic E-state index is 12.5. The van der Waals surface area contributed by atoms with Gasteiger partial charge in [-0.05, 0) is 31.2 Å². The van der Waals surface area contributed by atoms with Crippen LogP contribution in [0.5, 0.6) is 0 Å². The second kappa shape index (κ2) is 4.97. The Bertz CT molecular complexity index is 914. The molecule has 1 aromatic carbocycles. The molecule has 8 heteroatoms. The van der Waals surface area contributed by atoms with Gasteiger partial charge in [0.15, 0.2) is 9.34 Å². The van der Waals surface area contributed by atoms with Crippen molar-refractivity contribution in [2.45, 2.75) is 11.1 Å². The van der Waals surface area contributed by atoms with E-state index in [1.54, 1.807) is 31.3 Å². The fourth-order valence-electron chi connectivity index (χ4n) is 2.04. The van der Waals surface area contributed by atoms with Gasteiger partial charge < -0.3 is 5.73 Å². The van der Waals surface area contributed by atoms with Crippen molar-refractivity contribution in [3.05, 3.63) is 42.2 Å². The summed E-state index contributed by atoms with van der Waals surface area (Å²) in [5, 5.41) is 0.964. The molecule has 0 aliphatic heterocycles. The zero-order chi connectivity index (χ0) is 15.0. The van der Waals surface area contributed by atoms with E-state index in [0.717, 1.165) is 22.2 Å². The van der Waals surface area contributed by atoms with Crippen LogP contribution in [0, 0.1) is 6.92 Å². The maximum Gasteiger partial charge on any atom is 0.273 e. The van der Waals surface area contributed by atoms with Crippen LogP contribution in [0.1, 0.15) is 5.69 Å². The van der Waals surface area contributed by atoms with E-state index in [9.17, 15) is 8.42 Å². The molecule has 0 aliphatic rings. The fraction of sp³-hybridized carbons (Fsp3) is 0.0769. The van der Waals surface area contributed by atoms with E-state index in [2.05, 4.69) is 14.7 Å². The number of nitrogens with zero attached hydrogens (tertiary/aromatic N) is 2. The Morgan fingerprint density at radius 3 is 2.76 bits per heavy atom. The number of aryl methyl sites for hydroxylation is 1. The quantitative estimate of drug-likeness (QED) is 0.772. The number of aromatic nitrogens is 2. The molecule has 0 atom stereocenters. The van der Waals surface area contributed by atoms with E-state index in [-0.39, 0.29) is 9.34 Å². The summed E-state index contributed by atoms with van der Waals surface area (Å²) in [6.45, 7) is 1.62. The van der Waals surface area contributed by atoms with Gasteiger partial charge in [-0.1, -0.05) is 17.4 Å². The van der Waals surface area contributed by atoms with Crippen molar-refractivity contribution in [3.8, 4) is 0 Å². The molecule has 0 saturated carbocycles. The van der Waals surface area contributed by atoms with Crippen molar-refractivity contribution in [1.82, 2.24) is 9.97 Å². The second-order valence-electron chi connectivity index (χ2n) is 4.41. The number of hydrogen-bond donors (Lipinski definition) is 2. The van der Waals surface area contributed by atoms with Gasteiger partial charge in [-0.3, -0.25) is 9.71 Å². The number of benzene rings is 1. The van der Waals surface area contributed by atoms with Crippen LogP contribution in [-0.2, 0) is 10.0 Å². The van der Waals surface area contributed by atoms with E-state index in [1.165, 1.54) is 0 Å². The molecule has 3 rings (SSSR count). The van der Waals surface area contributed by atoms with Gasteiger partial charge in [0.1, 0.15) is 0 Å². The van der Waals surface area contributed by atoms with Gasteiger partial charge >= 0.3 is 0 Å². The van der Waals surface area contributed by atoms with Gasteiger partial charge in [-0.15, -0.1) is 0 Å². The van der Waals surface area contributed by atoms with Crippen molar-refractivity contribution in [2.24, 2.45) is 0 Å². The molecule has 0 fully saturated rings. The Hall–Kier alpha value is -2.19. The van der Waals surface area contributed by atoms with Crippen LogP contribution in [0.3, 0.4) is 0 Å². The van der Waals surface area contributed by atoms with Gasteiger partial charge in [-0.25, -0.2) is 13.4 Å². The number of anilines is 2. The van der Waals surface area contributed by atoms with Gasteiger partial charge in [0, 0.05) is 11.6 Å². The van der Waals surface area contributed by atoms with E-state index in [1.807, 2.05) is 12.1 Å². The lowest BCUT2D eigenvalue weighted by Crippen LogP contribution is -2.13. The first kappa shape index (κ1) is 13.8. The molecule has 2 heterocycles. The summed E-state index contributed by atoms with van der Waals surface area (Å²) in [4.78, 5) is 8.15. The largest absolute Gasteiger partial charge is 0.375 e. The van der Waals surface area contributed by atoms with Crippen LogP contribution >= 0.6 is 11.3 Å². The Labute approximate surface area is 125 Å². The van der Waals surface area contributed by atoms with Crippen molar-refractivity contribution >= 4 is 43.1 Å². The molecule has 0 saturated heterocycles. The first-order valence-electron chi connectivity index (χ1n) is 6.07. The number of pyridine rings is 1. The molecule has 0 spiro atoms. The number of thiazole rings is 1. The average molecular weight is 320 g/mol. The SMILES string of the molecule is Cc1nc(N)sc1S(=O)(=O)Nc1cccc2ncccc12. The average Bonchev–Trinajstić information content (AvgIpc) is 2.79. The van der Waals surface area contributed by atoms with E-state index in [4.69, 9.17) is 5.73 Å². The number of sulfonamides is 1. The molecule has 3 aromatic rings. The predicted molar refractivity (Wildman–Crippen MR) is 83.8 cm³/mol. The molecule has 21 heavy (non-hydrogen) atoms. The normalized spacial score (nSPS) is 11.7. The zero-order valence-electron chi connectivity index (χ0n) is 11.1. The highest BCUT2D eigenvalue weighted by Crippen LogP contribution is 2.29. The van der Waals surface area contributed by atoms with Gasteiger partial charge in [0.25, 0.3) is 10.0 Å². The molecule has 6 nitrogen and oxygen atoms in total. The lowest BCUT2D eigenvalue weighted by Gasteiger charge is -2.09. The Kier molecular flexibility index (Phi) is 3.26. The molecule has 3 N–H and O–H groups in total. The Balaban J connectivity index is 2.08. The number of fused-ring (bicyclic) bond motifs is 1. The summed E-state index contributed by atoms with van der Waals surface area (Å²) in [7, 11) is -3.72. The summed E-state index contributed by atoms with van der Waals surface area (Å²) >= 11 is 0.947. The fourth-order valence-corrected chi connectivity index (χ4v) is 4.42. The number of rotatable bonds is 3. The molecule has 0 aliphatic carbocycles. The first-order chi connectivity index (χ1) is 9.97. The maximum atomic E-state index is 12.5. The summed E-state index contributed by atoms with van der Waals surface area (Å²) < 4.78 is 27.6. The minimum Gasteiger partial charge on any atom is -0.375 e. The summed E-state index contributed by atoms with van der Waals surface area (Å²) in [5.74, 6) is 0. The summed E-state index contributed by atoms with van der Waals surface area (Å²) in [6, 6.07) is 8.84. The second-order valence-corrected chi connectivity index (χ2v) is 7.31. The topological polar surface area (TPSA) is 98.0 Å². The third kappa shape index (κ3) is 2.55. The van der Waals surface area contributed by atoms with Crippen molar-refractivity contribution < 1.29 is 8.42 Å². The Morgan fingerprint density at radius 1 is 1.24 bits per heavy atom. The minimum absolute atomic E-state index is 0.126. The lowest BCUT2D eigenvalue weighted by atomic mass is 10.2. The number of nitrogens with two attached hydrogens (primary N) is 1. The molecule has 108 valence electrons. The number of hydrogen-bond acceptors (Lipinski definition) is 6. The number of nitrogen functional groups attached to an aromatic ring is 1. The third-order valence-electron chi connectivity index (χ3n) is 2.90. The van der Waals surface area contributed by atoms with Gasteiger partial charge in [0.05, 0.1) is 16.9 Å². The van der Waals surface area contributed by atoms with Crippen LogP contribution in [0.2, 0.25) is 0 Å². The summed E-state index contributed by atoms with van der Waals surface area (Å²) in [5.41, 5.74) is 7.16. The highest BCUT2D eigenvalue weighted by Gasteiger charge is 2.22. The lowest BCUT2D eigenvalue weighted by molar-refractivity contribution is 0.602. The monoisotopic (exact) mass is 320 g/mol. The highest BCUT2D eigenvalue weighted by molar-refractivity contribution is 7.94. The first-order valence-corrected chi connectivity index (χ1v) is 8.37. The molecule has 0 radical (unpaired) electrons. The van der Waals surface area contributed by atoms with Crippen LogP contribution in [0.25, 0.3) is 10.9 Å². The third-order valence-corrected chi connectivity index (χ3v) is 5.87. The van der Waals surface area contributed by atoms with Crippen LogP contribution in [-0.4, -0.2) is 18.4 Å². The van der Waals surface area contributed by atoms with Gasteiger partial charge in [0.2, 0.25) is 0 Å². The van der Waals surface area contributed by atoms with E-state index in [0.29, 0.717) is 11.4 Å². The van der Waals surface area contributed by atoms with E-state index < -0.39 is 10.0 Å². The molecule has 0 amide bonds. The number of nitrogens with one attached hydrogen (secondary N) is 1. The van der Waals surface area contributed by atoms with Crippen LogP contribution in [0.4, 0.5) is 10.8 Å². The molecular formula is C13H12N4O2S2. The van der Waals surface area contributed by atoms with Crippen molar-refractivity contribution in [1.29, 1.82) is 0 Å². The molecule has 0 unspecified atom stereocenters. The van der Waals surface area contributed by atoms with Crippen LogP contribution < -0.4 is 10.5 Å². The predicted octanol–water partition coefficient (Wildman–Crippen LogP) is 2.38.